The molecule has 0 bridgehead atoms. The molecule has 1 fully saturated rings. The Morgan fingerprint density at radius 3 is 2.67 bits per heavy atom. The van der Waals surface area contributed by atoms with Crippen molar-refractivity contribution in [1.29, 1.82) is 5.26 Å². The van der Waals surface area contributed by atoms with Gasteiger partial charge in [0.15, 0.2) is 5.82 Å². The first kappa shape index (κ1) is 17.3. The zero-order valence-electron chi connectivity index (χ0n) is 15.1. The van der Waals surface area contributed by atoms with Crippen molar-refractivity contribution in [3.63, 3.8) is 0 Å². The fourth-order valence-corrected chi connectivity index (χ4v) is 3.81. The first-order chi connectivity index (χ1) is 13.2. The number of nitrogens with zero attached hydrogens (tertiary/aromatic N) is 4. The standard InChI is InChI=1S/C20H21N5O2/c21-13-14-6-5-7-15(12-14)22-19(26)18-23-17(16-8-1-2-11-25(16)18)20(27)24-9-3-4-10-24/h5-7,12H,1-4,8-11H2,(H,22,26). The van der Waals surface area contributed by atoms with E-state index in [2.05, 4.69) is 16.4 Å². The van der Waals surface area contributed by atoms with Gasteiger partial charge in [0.1, 0.15) is 5.69 Å². The molecule has 4 rings (SSSR count). The number of carbonyl (C=O) groups excluding carboxylic acids is 2. The molecule has 7 nitrogen and oxygen atoms in total. The van der Waals surface area contributed by atoms with E-state index in [1.54, 1.807) is 24.3 Å². The minimum Gasteiger partial charge on any atom is -0.337 e. The van der Waals surface area contributed by atoms with E-state index in [4.69, 9.17) is 5.26 Å². The van der Waals surface area contributed by atoms with Crippen LogP contribution in [-0.2, 0) is 13.0 Å². The Bertz CT molecular complexity index is 934. The van der Waals surface area contributed by atoms with Crippen LogP contribution in [0.5, 0.6) is 0 Å². The summed E-state index contributed by atoms with van der Waals surface area (Å²) in [5.41, 5.74) is 2.31. The minimum absolute atomic E-state index is 0.0660. The highest BCUT2D eigenvalue weighted by Gasteiger charge is 2.30. The Balaban J connectivity index is 1.64. The highest BCUT2D eigenvalue weighted by Crippen LogP contribution is 2.24. The molecule has 1 N–H and O–H groups in total. The van der Waals surface area contributed by atoms with E-state index >= 15 is 0 Å². The average molecular weight is 363 g/mol. The van der Waals surface area contributed by atoms with Crippen molar-refractivity contribution in [1.82, 2.24) is 14.5 Å². The number of hydrogen-bond acceptors (Lipinski definition) is 4. The van der Waals surface area contributed by atoms with E-state index < -0.39 is 0 Å². The van der Waals surface area contributed by atoms with Crippen LogP contribution < -0.4 is 5.32 Å². The molecule has 0 atom stereocenters. The molecule has 3 heterocycles. The lowest BCUT2D eigenvalue weighted by atomic mass is 10.1. The Kier molecular flexibility index (Phi) is 4.63. The summed E-state index contributed by atoms with van der Waals surface area (Å²) < 4.78 is 1.89. The summed E-state index contributed by atoms with van der Waals surface area (Å²) in [7, 11) is 0. The van der Waals surface area contributed by atoms with Crippen molar-refractivity contribution >= 4 is 17.5 Å². The largest absolute Gasteiger partial charge is 0.337 e. The summed E-state index contributed by atoms with van der Waals surface area (Å²) in [5, 5.41) is 11.8. The maximum atomic E-state index is 12.9. The normalized spacial score (nSPS) is 15.9. The molecule has 2 aromatic rings. The molecular formula is C20H21N5O2. The Morgan fingerprint density at radius 1 is 1.11 bits per heavy atom. The lowest BCUT2D eigenvalue weighted by Gasteiger charge is -2.18. The van der Waals surface area contributed by atoms with Gasteiger partial charge in [0.05, 0.1) is 17.3 Å². The quantitative estimate of drug-likeness (QED) is 0.907. The van der Waals surface area contributed by atoms with Crippen LogP contribution in [0.1, 0.15) is 58.0 Å². The first-order valence-corrected chi connectivity index (χ1v) is 9.37. The predicted molar refractivity (Wildman–Crippen MR) is 99.4 cm³/mol. The third-order valence-electron chi connectivity index (χ3n) is 5.17. The third kappa shape index (κ3) is 3.31. The molecule has 2 amide bonds. The zero-order valence-corrected chi connectivity index (χ0v) is 15.1. The van der Waals surface area contributed by atoms with Gasteiger partial charge in [-0.3, -0.25) is 9.59 Å². The number of aromatic nitrogens is 2. The fraction of sp³-hybridized carbons (Fsp3) is 0.400. The molecule has 2 aliphatic heterocycles. The first-order valence-electron chi connectivity index (χ1n) is 9.37. The molecule has 1 aromatic heterocycles. The molecule has 2 aliphatic rings. The summed E-state index contributed by atoms with van der Waals surface area (Å²) >= 11 is 0. The fourth-order valence-electron chi connectivity index (χ4n) is 3.81. The van der Waals surface area contributed by atoms with Gasteiger partial charge in [0.2, 0.25) is 0 Å². The van der Waals surface area contributed by atoms with Crippen LogP contribution in [0, 0.1) is 11.3 Å². The van der Waals surface area contributed by atoms with Crippen molar-refractivity contribution in [2.45, 2.75) is 38.6 Å². The van der Waals surface area contributed by atoms with E-state index in [1.807, 2.05) is 9.47 Å². The van der Waals surface area contributed by atoms with Crippen molar-refractivity contribution < 1.29 is 9.59 Å². The van der Waals surface area contributed by atoms with Gasteiger partial charge in [-0.05, 0) is 50.3 Å². The molecule has 0 radical (unpaired) electrons. The molecule has 138 valence electrons. The van der Waals surface area contributed by atoms with Crippen LogP contribution in [-0.4, -0.2) is 39.4 Å². The van der Waals surface area contributed by atoms with Crippen LogP contribution in [0.25, 0.3) is 0 Å². The number of carbonyl (C=O) groups is 2. The van der Waals surface area contributed by atoms with Crippen LogP contribution in [0.3, 0.4) is 0 Å². The second-order valence-corrected chi connectivity index (χ2v) is 6.99. The molecule has 1 aromatic carbocycles. The summed E-state index contributed by atoms with van der Waals surface area (Å²) in [4.78, 5) is 32.0. The SMILES string of the molecule is N#Cc1cccc(NC(=O)c2nc(C(=O)N3CCCC3)c3n2CCCC3)c1. The number of imidazole rings is 1. The van der Waals surface area contributed by atoms with Crippen LogP contribution in [0.4, 0.5) is 5.69 Å². The van der Waals surface area contributed by atoms with E-state index in [1.165, 1.54) is 0 Å². The molecule has 0 aliphatic carbocycles. The number of anilines is 1. The zero-order chi connectivity index (χ0) is 18.8. The summed E-state index contributed by atoms with van der Waals surface area (Å²) in [5.74, 6) is -0.146. The second kappa shape index (κ2) is 7.23. The number of rotatable bonds is 3. The van der Waals surface area contributed by atoms with Crippen LogP contribution in [0.15, 0.2) is 24.3 Å². The number of amides is 2. The average Bonchev–Trinajstić information content (AvgIpc) is 3.36. The van der Waals surface area contributed by atoms with Crippen molar-refractivity contribution in [2.24, 2.45) is 0 Å². The summed E-state index contributed by atoms with van der Waals surface area (Å²) in [6.45, 7) is 2.21. The molecular weight excluding hydrogens is 342 g/mol. The van der Waals surface area contributed by atoms with E-state index in [0.717, 1.165) is 50.9 Å². The predicted octanol–water partition coefficient (Wildman–Crippen LogP) is 2.58. The topological polar surface area (TPSA) is 91.0 Å². The van der Waals surface area contributed by atoms with Crippen molar-refractivity contribution in [3.8, 4) is 6.07 Å². The highest BCUT2D eigenvalue weighted by atomic mass is 16.2. The van der Waals surface area contributed by atoms with E-state index in [-0.39, 0.29) is 17.6 Å². The second-order valence-electron chi connectivity index (χ2n) is 6.99. The van der Waals surface area contributed by atoms with Crippen LogP contribution in [0.2, 0.25) is 0 Å². The molecule has 27 heavy (non-hydrogen) atoms. The van der Waals surface area contributed by atoms with E-state index in [0.29, 0.717) is 23.5 Å². The minimum atomic E-state index is -0.353. The number of hydrogen-bond donors (Lipinski definition) is 1. The Morgan fingerprint density at radius 2 is 1.89 bits per heavy atom. The highest BCUT2D eigenvalue weighted by molar-refractivity contribution is 6.03. The lowest BCUT2D eigenvalue weighted by molar-refractivity contribution is 0.0786. The van der Waals surface area contributed by atoms with Crippen LogP contribution >= 0.6 is 0 Å². The maximum Gasteiger partial charge on any atom is 0.291 e. The van der Waals surface area contributed by atoms with Gasteiger partial charge in [-0.1, -0.05) is 6.07 Å². The van der Waals surface area contributed by atoms with Gasteiger partial charge in [-0.2, -0.15) is 5.26 Å². The van der Waals surface area contributed by atoms with E-state index in [9.17, 15) is 9.59 Å². The Hall–Kier alpha value is -3.14. The van der Waals surface area contributed by atoms with Gasteiger partial charge in [0, 0.05) is 25.3 Å². The number of likely N-dealkylation sites (tertiary alicyclic amines) is 1. The lowest BCUT2D eigenvalue weighted by Crippen LogP contribution is -2.29. The van der Waals surface area contributed by atoms with Gasteiger partial charge in [-0.25, -0.2) is 4.98 Å². The molecule has 7 heteroatoms. The number of fused-ring (bicyclic) bond motifs is 1. The monoisotopic (exact) mass is 363 g/mol. The molecule has 0 unspecified atom stereocenters. The van der Waals surface area contributed by atoms with Gasteiger partial charge < -0.3 is 14.8 Å². The van der Waals surface area contributed by atoms with Crippen molar-refractivity contribution in [3.05, 3.63) is 47.0 Å². The number of nitrogens with one attached hydrogen (secondary N) is 1. The Labute approximate surface area is 157 Å². The molecule has 0 spiro atoms. The molecule has 1 saturated heterocycles. The summed E-state index contributed by atoms with van der Waals surface area (Å²) in [6, 6.07) is 8.81. The number of benzene rings is 1. The number of nitriles is 1. The third-order valence-corrected chi connectivity index (χ3v) is 5.17. The van der Waals surface area contributed by atoms with Gasteiger partial charge in [0.25, 0.3) is 11.8 Å². The van der Waals surface area contributed by atoms with Gasteiger partial charge in [-0.15, -0.1) is 0 Å². The summed E-state index contributed by atoms with van der Waals surface area (Å²) in [6.07, 6.45) is 4.76. The maximum absolute atomic E-state index is 12.9. The van der Waals surface area contributed by atoms with Gasteiger partial charge >= 0.3 is 0 Å². The van der Waals surface area contributed by atoms with Crippen molar-refractivity contribution in [2.75, 3.05) is 18.4 Å². The smallest absolute Gasteiger partial charge is 0.291 e. The molecule has 0 saturated carbocycles.